The lowest BCUT2D eigenvalue weighted by Crippen LogP contribution is -2.39. The number of nitrogens with one attached hydrogen (secondary N) is 2. The Morgan fingerprint density at radius 2 is 2.16 bits per heavy atom. The Balaban J connectivity index is 1.27. The van der Waals surface area contributed by atoms with Gasteiger partial charge in [0.2, 0.25) is 0 Å². The second-order valence-electron chi connectivity index (χ2n) is 8.68. The molecule has 1 fully saturated rings. The second kappa shape index (κ2) is 9.96. The molecule has 0 radical (unpaired) electrons. The van der Waals surface area contributed by atoms with Gasteiger partial charge < -0.3 is 15.2 Å². The monoisotopic (exact) mass is 443 g/mol. The fraction of sp³-hybridized carbons (Fsp3) is 0.500. The van der Waals surface area contributed by atoms with E-state index < -0.39 is 5.82 Å². The summed E-state index contributed by atoms with van der Waals surface area (Å²) in [5, 5.41) is 3.50. The zero-order valence-corrected chi connectivity index (χ0v) is 19.1. The molecule has 2 aromatic heterocycles. The van der Waals surface area contributed by atoms with Crippen LogP contribution < -0.4 is 5.32 Å². The van der Waals surface area contributed by atoms with Crippen LogP contribution >= 0.6 is 11.6 Å². The van der Waals surface area contributed by atoms with E-state index in [0.29, 0.717) is 16.9 Å². The number of fused-ring (bicyclic) bond motifs is 1. The van der Waals surface area contributed by atoms with E-state index in [0.717, 1.165) is 36.3 Å². The molecular weight excluding hydrogens is 413 g/mol. The molecule has 166 valence electrons. The highest BCUT2D eigenvalue weighted by Crippen LogP contribution is 2.28. The van der Waals surface area contributed by atoms with Gasteiger partial charge >= 0.3 is 0 Å². The van der Waals surface area contributed by atoms with Gasteiger partial charge in [-0.1, -0.05) is 24.9 Å². The third kappa shape index (κ3) is 5.36. The van der Waals surface area contributed by atoms with Gasteiger partial charge in [0, 0.05) is 30.4 Å². The summed E-state index contributed by atoms with van der Waals surface area (Å²) in [7, 11) is 2.27. The van der Waals surface area contributed by atoms with Crippen molar-refractivity contribution in [3.05, 3.63) is 41.3 Å². The number of piperidine rings is 1. The average Bonchev–Trinajstić information content (AvgIpc) is 3.17. The van der Waals surface area contributed by atoms with Gasteiger partial charge in [0.05, 0.1) is 16.1 Å². The Labute approximate surface area is 188 Å². The molecule has 7 heteroatoms. The summed E-state index contributed by atoms with van der Waals surface area (Å²) < 4.78 is 13.6. The highest BCUT2D eigenvalue weighted by Gasteiger charge is 2.24. The first-order valence-corrected chi connectivity index (χ1v) is 11.7. The van der Waals surface area contributed by atoms with Crippen molar-refractivity contribution in [3.8, 4) is 11.4 Å². The first-order chi connectivity index (χ1) is 15.0. The molecular formula is C24H31ClFN5. The fourth-order valence-electron chi connectivity index (χ4n) is 4.57. The molecule has 1 aromatic carbocycles. The van der Waals surface area contributed by atoms with Crippen LogP contribution in [-0.2, 0) is 0 Å². The van der Waals surface area contributed by atoms with Gasteiger partial charge in [-0.3, -0.25) is 0 Å². The van der Waals surface area contributed by atoms with Crippen LogP contribution in [0.1, 0.15) is 45.4 Å². The molecule has 1 aliphatic heterocycles. The van der Waals surface area contributed by atoms with Gasteiger partial charge in [0.15, 0.2) is 0 Å². The zero-order valence-electron chi connectivity index (χ0n) is 18.3. The summed E-state index contributed by atoms with van der Waals surface area (Å²) >= 11 is 5.85. The van der Waals surface area contributed by atoms with Crippen molar-refractivity contribution in [2.45, 2.75) is 51.5 Å². The maximum Gasteiger partial charge on any atom is 0.144 e. The van der Waals surface area contributed by atoms with Crippen molar-refractivity contribution in [3.63, 3.8) is 0 Å². The van der Waals surface area contributed by atoms with Crippen molar-refractivity contribution in [2.24, 2.45) is 5.92 Å². The molecule has 0 aliphatic carbocycles. The van der Waals surface area contributed by atoms with Gasteiger partial charge in [-0.25, -0.2) is 14.4 Å². The molecule has 1 aliphatic rings. The maximum atomic E-state index is 13.6. The van der Waals surface area contributed by atoms with E-state index in [1.54, 1.807) is 6.20 Å². The Hall–Kier alpha value is -2.18. The summed E-state index contributed by atoms with van der Waals surface area (Å²) in [5.41, 5.74) is 2.11. The second-order valence-corrected chi connectivity index (χ2v) is 9.09. The number of anilines is 1. The van der Waals surface area contributed by atoms with E-state index in [2.05, 4.69) is 39.1 Å². The van der Waals surface area contributed by atoms with Crippen LogP contribution in [0.25, 0.3) is 22.4 Å². The molecule has 5 nitrogen and oxygen atoms in total. The average molecular weight is 444 g/mol. The Kier molecular flexibility index (Phi) is 7.08. The number of hydrogen-bond donors (Lipinski definition) is 2. The third-order valence-electron chi connectivity index (χ3n) is 6.40. The maximum absolute atomic E-state index is 13.6. The first-order valence-electron chi connectivity index (χ1n) is 11.3. The van der Waals surface area contributed by atoms with Crippen LogP contribution in [0.2, 0.25) is 5.02 Å². The van der Waals surface area contributed by atoms with Gasteiger partial charge in [0.1, 0.15) is 17.5 Å². The lowest BCUT2D eigenvalue weighted by molar-refractivity contribution is 0.128. The zero-order chi connectivity index (χ0) is 21.8. The summed E-state index contributed by atoms with van der Waals surface area (Å²) in [4.78, 5) is 14.7. The van der Waals surface area contributed by atoms with Crippen LogP contribution in [0.15, 0.2) is 30.5 Å². The molecule has 3 aromatic rings. The molecule has 0 bridgehead atoms. The van der Waals surface area contributed by atoms with E-state index in [1.807, 2.05) is 12.1 Å². The minimum Gasteiger partial charge on any atom is -0.370 e. The molecule has 2 unspecified atom stereocenters. The number of likely N-dealkylation sites (tertiary alicyclic amines) is 1. The number of benzene rings is 1. The van der Waals surface area contributed by atoms with Crippen LogP contribution in [0, 0.1) is 11.7 Å². The molecule has 0 spiro atoms. The summed E-state index contributed by atoms with van der Waals surface area (Å²) in [6, 6.07) is 7.59. The number of rotatable bonds is 8. The summed E-state index contributed by atoms with van der Waals surface area (Å²) in [5.74, 6) is 1.90. The quantitative estimate of drug-likeness (QED) is 0.412. The van der Waals surface area contributed by atoms with Crippen LogP contribution in [-0.4, -0.2) is 46.0 Å². The molecule has 2 atom stereocenters. The van der Waals surface area contributed by atoms with Crippen molar-refractivity contribution in [2.75, 3.05) is 25.5 Å². The molecule has 2 N–H and O–H groups in total. The number of hydrogen-bond acceptors (Lipinski definition) is 4. The Morgan fingerprint density at radius 3 is 2.94 bits per heavy atom. The first kappa shape index (κ1) is 22.0. The highest BCUT2D eigenvalue weighted by atomic mass is 35.5. The van der Waals surface area contributed by atoms with E-state index >= 15 is 0 Å². The molecule has 0 saturated carbocycles. The van der Waals surface area contributed by atoms with Gasteiger partial charge in [-0.2, -0.15) is 0 Å². The molecule has 1 saturated heterocycles. The Morgan fingerprint density at radius 1 is 1.29 bits per heavy atom. The third-order valence-corrected chi connectivity index (χ3v) is 6.69. The van der Waals surface area contributed by atoms with Crippen molar-refractivity contribution in [1.82, 2.24) is 19.9 Å². The topological polar surface area (TPSA) is 56.8 Å². The summed E-state index contributed by atoms with van der Waals surface area (Å²) in [6.45, 7) is 4.44. The molecule has 3 heterocycles. The predicted octanol–water partition coefficient (Wildman–Crippen LogP) is 6.12. The predicted molar refractivity (Wildman–Crippen MR) is 126 cm³/mol. The number of aromatic amines is 1. The lowest BCUT2D eigenvalue weighted by atomic mass is 9.86. The van der Waals surface area contributed by atoms with Crippen LogP contribution in [0.3, 0.4) is 0 Å². The standard InChI is InChI=1S/C24H31ClFN5/c1-3-5-18-12-16(9-11-31(18)2)6-4-10-27-23-8-7-17(15-28-23)24-29-21-13-19(25)20(26)14-22(21)30-24/h7-8,13-16,18H,3-6,9-12H2,1-2H3,(H,27,28)(H,29,30). The van der Waals surface area contributed by atoms with Gasteiger partial charge in [0.25, 0.3) is 0 Å². The molecule has 4 rings (SSSR count). The van der Waals surface area contributed by atoms with E-state index in [9.17, 15) is 4.39 Å². The lowest BCUT2D eigenvalue weighted by Gasteiger charge is -2.37. The number of imidazole rings is 1. The number of halogens is 2. The van der Waals surface area contributed by atoms with Crippen molar-refractivity contribution in [1.29, 1.82) is 0 Å². The summed E-state index contributed by atoms with van der Waals surface area (Å²) in [6.07, 6.45) is 9.45. The molecule has 0 amide bonds. The van der Waals surface area contributed by atoms with E-state index in [-0.39, 0.29) is 5.02 Å². The molecule has 31 heavy (non-hydrogen) atoms. The van der Waals surface area contributed by atoms with Crippen molar-refractivity contribution < 1.29 is 4.39 Å². The van der Waals surface area contributed by atoms with E-state index in [1.165, 1.54) is 50.8 Å². The van der Waals surface area contributed by atoms with Crippen LogP contribution in [0.5, 0.6) is 0 Å². The number of H-pyrrole nitrogens is 1. The minimum absolute atomic E-state index is 0.0735. The largest absolute Gasteiger partial charge is 0.370 e. The van der Waals surface area contributed by atoms with E-state index in [4.69, 9.17) is 11.6 Å². The van der Waals surface area contributed by atoms with Gasteiger partial charge in [-0.05, 0) is 69.8 Å². The van der Waals surface area contributed by atoms with Crippen LogP contribution in [0.4, 0.5) is 10.2 Å². The number of aromatic nitrogens is 3. The Bertz CT molecular complexity index is 964. The number of pyridine rings is 1. The van der Waals surface area contributed by atoms with Gasteiger partial charge in [-0.15, -0.1) is 0 Å². The highest BCUT2D eigenvalue weighted by molar-refractivity contribution is 6.31. The number of nitrogens with zero attached hydrogens (tertiary/aromatic N) is 3. The smallest absolute Gasteiger partial charge is 0.144 e. The normalized spacial score (nSPS) is 19.7. The fourth-order valence-corrected chi connectivity index (χ4v) is 4.73. The SMILES string of the molecule is CCCC1CC(CCCNc2ccc(-c3nc4cc(Cl)c(F)cc4[nH]3)cn2)CCN1C. The van der Waals surface area contributed by atoms with Crippen molar-refractivity contribution >= 4 is 28.5 Å². The minimum atomic E-state index is -0.455.